The molecule has 5 aromatic rings. The molecule has 0 spiro atoms. The van der Waals surface area contributed by atoms with E-state index in [1.54, 1.807) is 11.3 Å². The minimum Gasteiger partial charge on any atom is -0.298 e. The Hall–Kier alpha value is -3.09. The van der Waals surface area contributed by atoms with Gasteiger partial charge in [0.1, 0.15) is 0 Å². The van der Waals surface area contributed by atoms with E-state index in [1.165, 1.54) is 11.3 Å². The van der Waals surface area contributed by atoms with Crippen LogP contribution in [0.1, 0.15) is 15.4 Å². The number of anilines is 1. The number of nitrogens with one attached hydrogen (secondary N) is 1. The van der Waals surface area contributed by atoms with Crippen molar-refractivity contribution >= 4 is 54.1 Å². The number of carbonyl (C=O) groups excluding carboxylic acids is 1. The summed E-state index contributed by atoms with van der Waals surface area (Å²) in [6.07, 6.45) is 0. The van der Waals surface area contributed by atoms with Gasteiger partial charge in [0.25, 0.3) is 5.91 Å². The summed E-state index contributed by atoms with van der Waals surface area (Å²) in [5.41, 5.74) is 4.69. The summed E-state index contributed by atoms with van der Waals surface area (Å²) in [5, 5.41) is 4.56. The Kier molecular flexibility index (Phi) is 4.15. The molecule has 3 aromatic carbocycles. The fraction of sp³-hybridized carbons (Fsp3) is 0.0455. The van der Waals surface area contributed by atoms with Crippen molar-refractivity contribution in [3.63, 3.8) is 0 Å². The van der Waals surface area contributed by atoms with E-state index >= 15 is 0 Å². The zero-order valence-electron chi connectivity index (χ0n) is 15.0. The summed E-state index contributed by atoms with van der Waals surface area (Å²) in [4.78, 5) is 21.7. The molecule has 1 N–H and O–H groups in total. The highest BCUT2D eigenvalue weighted by Crippen LogP contribution is 2.35. The second kappa shape index (κ2) is 6.82. The molecule has 136 valence electrons. The van der Waals surface area contributed by atoms with Crippen molar-refractivity contribution in [2.45, 2.75) is 6.92 Å². The molecule has 0 radical (unpaired) electrons. The molecular weight excluding hydrogens is 386 g/mol. The summed E-state index contributed by atoms with van der Waals surface area (Å²) in [5.74, 6) is -0.157. The molecule has 0 saturated carbocycles. The minimum absolute atomic E-state index is 0.157. The molecule has 0 aliphatic heterocycles. The van der Waals surface area contributed by atoms with Gasteiger partial charge in [0.2, 0.25) is 0 Å². The highest BCUT2D eigenvalue weighted by atomic mass is 32.1. The topological polar surface area (TPSA) is 54.9 Å². The van der Waals surface area contributed by atoms with Gasteiger partial charge in [-0.1, -0.05) is 53.8 Å². The van der Waals surface area contributed by atoms with E-state index in [9.17, 15) is 4.79 Å². The Labute approximate surface area is 169 Å². The smallest absolute Gasteiger partial charge is 0.257 e. The Morgan fingerprint density at radius 1 is 0.786 bits per heavy atom. The summed E-state index contributed by atoms with van der Waals surface area (Å²) in [6, 6.07) is 21.7. The first-order chi connectivity index (χ1) is 13.7. The lowest BCUT2D eigenvalue weighted by Crippen LogP contribution is -2.11. The van der Waals surface area contributed by atoms with Crippen molar-refractivity contribution in [2.24, 2.45) is 0 Å². The third-order valence-corrected chi connectivity index (χ3v) is 6.63. The van der Waals surface area contributed by atoms with Crippen LogP contribution in [-0.4, -0.2) is 15.9 Å². The number of nitrogens with zero attached hydrogens (tertiary/aromatic N) is 2. The van der Waals surface area contributed by atoms with Crippen LogP contribution in [0.4, 0.5) is 5.13 Å². The van der Waals surface area contributed by atoms with Crippen LogP contribution in [0.5, 0.6) is 0 Å². The second-order valence-electron chi connectivity index (χ2n) is 6.41. The molecule has 4 nitrogen and oxygen atoms in total. The van der Waals surface area contributed by atoms with E-state index in [0.29, 0.717) is 10.7 Å². The Bertz CT molecular complexity index is 1300. The standard InChI is InChI=1S/C22H15N3OS2/c1-13-23-17-11-12-18-20(19(17)27-13)28-22(24-18)25-21(26)16-9-7-15(8-10-16)14-5-3-2-4-6-14/h2-12H,1H3,(H,24,25,26). The van der Waals surface area contributed by atoms with Crippen LogP contribution >= 0.6 is 22.7 Å². The zero-order chi connectivity index (χ0) is 19.1. The number of fused-ring (bicyclic) bond motifs is 3. The van der Waals surface area contributed by atoms with Crippen LogP contribution in [0.25, 0.3) is 31.6 Å². The number of amides is 1. The van der Waals surface area contributed by atoms with Crippen LogP contribution < -0.4 is 5.32 Å². The first-order valence-corrected chi connectivity index (χ1v) is 10.4. The molecular formula is C22H15N3OS2. The van der Waals surface area contributed by atoms with E-state index in [1.807, 2.05) is 61.5 Å². The molecule has 2 aromatic heterocycles. The average molecular weight is 402 g/mol. The molecule has 28 heavy (non-hydrogen) atoms. The van der Waals surface area contributed by atoms with Gasteiger partial charge in [0, 0.05) is 5.56 Å². The van der Waals surface area contributed by atoms with E-state index in [-0.39, 0.29) is 5.91 Å². The number of aryl methyl sites for hydroxylation is 1. The van der Waals surface area contributed by atoms with E-state index in [4.69, 9.17) is 0 Å². The van der Waals surface area contributed by atoms with Gasteiger partial charge in [-0.2, -0.15) is 0 Å². The van der Waals surface area contributed by atoms with Crippen LogP contribution in [0.15, 0.2) is 66.7 Å². The highest BCUT2D eigenvalue weighted by Gasteiger charge is 2.13. The van der Waals surface area contributed by atoms with Crippen LogP contribution in [0, 0.1) is 6.92 Å². The maximum Gasteiger partial charge on any atom is 0.257 e. The molecule has 0 atom stereocenters. The lowest BCUT2D eigenvalue weighted by molar-refractivity contribution is 0.102. The fourth-order valence-corrected chi connectivity index (χ4v) is 5.15. The molecule has 0 aliphatic rings. The molecule has 1 amide bonds. The number of thiazole rings is 2. The molecule has 6 heteroatoms. The number of hydrogen-bond donors (Lipinski definition) is 1. The average Bonchev–Trinajstić information content (AvgIpc) is 3.30. The fourth-order valence-electron chi connectivity index (χ4n) is 3.15. The molecule has 0 bridgehead atoms. The van der Waals surface area contributed by atoms with Crippen LogP contribution in [0.3, 0.4) is 0 Å². The summed E-state index contributed by atoms with van der Waals surface area (Å²) >= 11 is 3.15. The number of hydrogen-bond acceptors (Lipinski definition) is 5. The first kappa shape index (κ1) is 17.0. The van der Waals surface area contributed by atoms with Gasteiger partial charge in [-0.15, -0.1) is 11.3 Å². The molecule has 2 heterocycles. The van der Waals surface area contributed by atoms with Crippen molar-refractivity contribution in [1.29, 1.82) is 0 Å². The second-order valence-corrected chi connectivity index (χ2v) is 8.61. The summed E-state index contributed by atoms with van der Waals surface area (Å²) in [6.45, 7) is 2.00. The SMILES string of the molecule is Cc1nc2ccc3nc(NC(=O)c4ccc(-c5ccccc5)cc4)sc3c2s1. The first-order valence-electron chi connectivity index (χ1n) is 8.81. The molecule has 0 unspecified atom stereocenters. The Morgan fingerprint density at radius 2 is 1.43 bits per heavy atom. The number of benzene rings is 3. The van der Waals surface area contributed by atoms with Crippen molar-refractivity contribution in [2.75, 3.05) is 5.32 Å². The van der Waals surface area contributed by atoms with Gasteiger partial charge in [-0.3, -0.25) is 10.1 Å². The monoisotopic (exact) mass is 401 g/mol. The lowest BCUT2D eigenvalue weighted by atomic mass is 10.0. The van der Waals surface area contributed by atoms with E-state index in [0.717, 1.165) is 36.6 Å². The van der Waals surface area contributed by atoms with Crippen LogP contribution in [-0.2, 0) is 0 Å². The van der Waals surface area contributed by atoms with Crippen molar-refractivity contribution in [3.8, 4) is 11.1 Å². The number of carbonyl (C=O) groups is 1. The van der Waals surface area contributed by atoms with Crippen molar-refractivity contribution in [1.82, 2.24) is 9.97 Å². The molecule has 5 rings (SSSR count). The highest BCUT2D eigenvalue weighted by molar-refractivity contribution is 7.28. The Balaban J connectivity index is 1.41. The van der Waals surface area contributed by atoms with Gasteiger partial charge in [-0.25, -0.2) is 9.97 Å². The molecule has 0 saturated heterocycles. The summed E-state index contributed by atoms with van der Waals surface area (Å²) < 4.78 is 2.19. The van der Waals surface area contributed by atoms with E-state index < -0.39 is 0 Å². The maximum absolute atomic E-state index is 12.7. The number of aromatic nitrogens is 2. The molecule has 0 fully saturated rings. The lowest BCUT2D eigenvalue weighted by Gasteiger charge is -2.04. The van der Waals surface area contributed by atoms with Gasteiger partial charge >= 0.3 is 0 Å². The number of rotatable bonds is 3. The third-order valence-electron chi connectivity index (χ3n) is 4.49. The van der Waals surface area contributed by atoms with Gasteiger partial charge in [0.15, 0.2) is 5.13 Å². The largest absolute Gasteiger partial charge is 0.298 e. The van der Waals surface area contributed by atoms with Gasteiger partial charge in [-0.05, 0) is 42.3 Å². The third kappa shape index (κ3) is 3.06. The maximum atomic E-state index is 12.7. The molecule has 0 aliphatic carbocycles. The minimum atomic E-state index is -0.157. The van der Waals surface area contributed by atoms with Crippen molar-refractivity contribution < 1.29 is 4.79 Å². The quantitative estimate of drug-likeness (QED) is 0.395. The van der Waals surface area contributed by atoms with Gasteiger partial charge < -0.3 is 0 Å². The van der Waals surface area contributed by atoms with Crippen molar-refractivity contribution in [3.05, 3.63) is 77.3 Å². The predicted molar refractivity (Wildman–Crippen MR) is 117 cm³/mol. The predicted octanol–water partition coefficient (Wildman–Crippen LogP) is 6.13. The zero-order valence-corrected chi connectivity index (χ0v) is 16.6. The summed E-state index contributed by atoms with van der Waals surface area (Å²) in [7, 11) is 0. The van der Waals surface area contributed by atoms with E-state index in [2.05, 4.69) is 27.4 Å². The normalized spacial score (nSPS) is 11.2. The Morgan fingerprint density at radius 3 is 2.18 bits per heavy atom. The van der Waals surface area contributed by atoms with Crippen LogP contribution in [0.2, 0.25) is 0 Å². The van der Waals surface area contributed by atoms with Gasteiger partial charge in [0.05, 0.1) is 25.4 Å².